The molecule has 2 rings (SSSR count). The van der Waals surface area contributed by atoms with Gasteiger partial charge in [-0.25, -0.2) is 0 Å². The van der Waals surface area contributed by atoms with Crippen LogP contribution in [0.15, 0.2) is 0 Å². The number of likely N-dealkylation sites (N-methyl/N-ethyl adjacent to an activating group) is 1. The number of hydrogen-bond acceptors (Lipinski definition) is 3. The molecule has 0 bridgehead atoms. The lowest BCUT2D eigenvalue weighted by Gasteiger charge is -2.30. The molecule has 2 heterocycles. The van der Waals surface area contributed by atoms with Gasteiger partial charge in [-0.05, 0) is 45.3 Å². The van der Waals surface area contributed by atoms with Crippen molar-refractivity contribution in [3.05, 3.63) is 0 Å². The van der Waals surface area contributed by atoms with E-state index in [-0.39, 0.29) is 6.04 Å². The highest BCUT2D eigenvalue weighted by Crippen LogP contribution is 2.23. The lowest BCUT2D eigenvalue weighted by molar-refractivity contribution is -0.133. The van der Waals surface area contributed by atoms with E-state index in [0.717, 1.165) is 26.1 Å². The third-order valence-electron chi connectivity index (χ3n) is 4.51. The highest BCUT2D eigenvalue weighted by atomic mass is 16.2. The fraction of sp³-hybridized carbons (Fsp3) is 0.929. The fourth-order valence-electron chi connectivity index (χ4n) is 3.32. The maximum Gasteiger partial charge on any atom is 0.239 e. The summed E-state index contributed by atoms with van der Waals surface area (Å²) < 4.78 is 0. The van der Waals surface area contributed by atoms with Crippen molar-refractivity contribution >= 4 is 5.91 Å². The first-order valence-corrected chi connectivity index (χ1v) is 7.17. The van der Waals surface area contributed by atoms with Gasteiger partial charge in [0.1, 0.15) is 0 Å². The van der Waals surface area contributed by atoms with Crippen molar-refractivity contribution in [3.8, 4) is 0 Å². The maximum atomic E-state index is 12.5. The third-order valence-corrected chi connectivity index (χ3v) is 4.51. The Balaban J connectivity index is 1.94. The van der Waals surface area contributed by atoms with E-state index in [1.807, 2.05) is 0 Å². The molecule has 0 radical (unpaired) electrons. The Hall–Kier alpha value is -0.610. The van der Waals surface area contributed by atoms with E-state index in [4.69, 9.17) is 0 Å². The van der Waals surface area contributed by atoms with Crippen molar-refractivity contribution in [2.24, 2.45) is 11.8 Å². The van der Waals surface area contributed by atoms with Gasteiger partial charge in [0.25, 0.3) is 0 Å². The molecule has 4 nitrogen and oxygen atoms in total. The minimum atomic E-state index is 0.0573. The summed E-state index contributed by atoms with van der Waals surface area (Å²) in [4.78, 5) is 16.8. The Morgan fingerprint density at radius 2 is 2.00 bits per heavy atom. The second kappa shape index (κ2) is 5.57. The van der Waals surface area contributed by atoms with Gasteiger partial charge in [-0.1, -0.05) is 13.8 Å². The summed E-state index contributed by atoms with van der Waals surface area (Å²) in [5.41, 5.74) is 0. The summed E-state index contributed by atoms with van der Waals surface area (Å²) in [5, 5.41) is 3.38. The molecule has 1 N–H and O–H groups in total. The standard InChI is InChI=1S/C14H27N3O/c1-10-5-6-15-12(7-10)14(18)17-8-11(2)13(9-17)16(3)4/h10-13,15H,5-9H2,1-4H3. The molecule has 2 fully saturated rings. The van der Waals surface area contributed by atoms with Gasteiger partial charge < -0.3 is 15.1 Å². The molecule has 0 saturated carbocycles. The molecule has 2 aliphatic heterocycles. The van der Waals surface area contributed by atoms with E-state index in [1.165, 1.54) is 6.42 Å². The molecule has 0 aromatic heterocycles. The monoisotopic (exact) mass is 253 g/mol. The third kappa shape index (κ3) is 2.86. The smallest absolute Gasteiger partial charge is 0.239 e. The van der Waals surface area contributed by atoms with Crippen LogP contribution in [0.5, 0.6) is 0 Å². The molecule has 0 aromatic carbocycles. The van der Waals surface area contributed by atoms with Gasteiger partial charge in [0.05, 0.1) is 6.04 Å². The maximum absolute atomic E-state index is 12.5. The molecule has 104 valence electrons. The van der Waals surface area contributed by atoms with Crippen LogP contribution in [-0.4, -0.2) is 61.5 Å². The second-order valence-corrected chi connectivity index (χ2v) is 6.39. The zero-order valence-electron chi connectivity index (χ0n) is 12.1. The molecule has 18 heavy (non-hydrogen) atoms. The van der Waals surface area contributed by atoms with Crippen molar-refractivity contribution in [1.29, 1.82) is 0 Å². The molecule has 0 spiro atoms. The van der Waals surface area contributed by atoms with E-state index in [1.54, 1.807) is 0 Å². The quantitative estimate of drug-likeness (QED) is 0.790. The number of carbonyl (C=O) groups is 1. The average Bonchev–Trinajstić information content (AvgIpc) is 2.70. The highest BCUT2D eigenvalue weighted by molar-refractivity contribution is 5.82. The molecule has 0 aliphatic carbocycles. The first kappa shape index (κ1) is 13.8. The summed E-state index contributed by atoms with van der Waals surface area (Å²) in [6.45, 7) is 7.27. The molecule has 4 atom stereocenters. The van der Waals surface area contributed by atoms with Crippen LogP contribution in [-0.2, 0) is 4.79 Å². The first-order chi connectivity index (χ1) is 8.49. The molecular formula is C14H27N3O. The summed E-state index contributed by atoms with van der Waals surface area (Å²) in [5.74, 6) is 1.56. The van der Waals surface area contributed by atoms with Gasteiger partial charge in [0, 0.05) is 19.1 Å². The lowest BCUT2D eigenvalue weighted by Crippen LogP contribution is -2.50. The number of nitrogens with one attached hydrogen (secondary N) is 1. The molecule has 2 saturated heterocycles. The van der Waals surface area contributed by atoms with Crippen LogP contribution >= 0.6 is 0 Å². The van der Waals surface area contributed by atoms with Crippen LogP contribution in [0.4, 0.5) is 0 Å². The number of likely N-dealkylation sites (tertiary alicyclic amines) is 1. The lowest BCUT2D eigenvalue weighted by atomic mass is 9.93. The van der Waals surface area contributed by atoms with E-state index in [0.29, 0.717) is 23.8 Å². The number of carbonyl (C=O) groups excluding carboxylic acids is 1. The van der Waals surface area contributed by atoms with Crippen LogP contribution in [0.25, 0.3) is 0 Å². The first-order valence-electron chi connectivity index (χ1n) is 7.17. The van der Waals surface area contributed by atoms with E-state index < -0.39 is 0 Å². The van der Waals surface area contributed by atoms with Gasteiger partial charge in [-0.15, -0.1) is 0 Å². The minimum Gasteiger partial charge on any atom is -0.339 e. The summed E-state index contributed by atoms with van der Waals surface area (Å²) >= 11 is 0. The number of rotatable bonds is 2. The van der Waals surface area contributed by atoms with Crippen molar-refractivity contribution in [2.45, 2.75) is 38.8 Å². The van der Waals surface area contributed by atoms with Gasteiger partial charge in [-0.3, -0.25) is 4.79 Å². The molecular weight excluding hydrogens is 226 g/mol. The zero-order valence-corrected chi connectivity index (χ0v) is 12.1. The topological polar surface area (TPSA) is 35.6 Å². The van der Waals surface area contributed by atoms with Crippen LogP contribution in [0.1, 0.15) is 26.7 Å². The largest absolute Gasteiger partial charge is 0.339 e. The number of amides is 1. The Kier molecular flexibility index (Phi) is 4.28. The summed E-state index contributed by atoms with van der Waals surface area (Å²) in [6.07, 6.45) is 2.19. The van der Waals surface area contributed by atoms with Crippen LogP contribution < -0.4 is 5.32 Å². The highest BCUT2D eigenvalue weighted by Gasteiger charge is 2.37. The minimum absolute atomic E-state index is 0.0573. The zero-order chi connectivity index (χ0) is 13.3. The van der Waals surface area contributed by atoms with Crippen molar-refractivity contribution in [1.82, 2.24) is 15.1 Å². The van der Waals surface area contributed by atoms with Crippen LogP contribution in [0.2, 0.25) is 0 Å². The Morgan fingerprint density at radius 1 is 1.28 bits per heavy atom. The van der Waals surface area contributed by atoms with Gasteiger partial charge in [-0.2, -0.15) is 0 Å². The molecule has 4 heteroatoms. The van der Waals surface area contributed by atoms with Crippen LogP contribution in [0.3, 0.4) is 0 Å². The molecule has 2 aliphatic rings. The summed E-state index contributed by atoms with van der Waals surface area (Å²) in [6, 6.07) is 0.567. The molecule has 4 unspecified atom stereocenters. The average molecular weight is 253 g/mol. The Labute approximate surface area is 111 Å². The van der Waals surface area contributed by atoms with Gasteiger partial charge in [0.15, 0.2) is 0 Å². The van der Waals surface area contributed by atoms with Crippen molar-refractivity contribution < 1.29 is 4.79 Å². The van der Waals surface area contributed by atoms with Gasteiger partial charge >= 0.3 is 0 Å². The Morgan fingerprint density at radius 3 is 2.56 bits per heavy atom. The fourth-order valence-corrected chi connectivity index (χ4v) is 3.32. The molecule has 0 aromatic rings. The van der Waals surface area contributed by atoms with E-state index in [2.05, 4.69) is 43.1 Å². The number of nitrogens with zero attached hydrogens (tertiary/aromatic N) is 2. The van der Waals surface area contributed by atoms with Crippen LogP contribution in [0, 0.1) is 11.8 Å². The SMILES string of the molecule is CC1CCNC(C(=O)N2CC(C)C(N(C)C)C2)C1. The number of hydrogen-bond donors (Lipinski definition) is 1. The predicted octanol–water partition coefficient (Wildman–Crippen LogP) is 0.783. The molecule has 1 amide bonds. The Bertz CT molecular complexity index is 305. The predicted molar refractivity (Wildman–Crippen MR) is 73.4 cm³/mol. The van der Waals surface area contributed by atoms with Crippen molar-refractivity contribution in [3.63, 3.8) is 0 Å². The van der Waals surface area contributed by atoms with Crippen molar-refractivity contribution in [2.75, 3.05) is 33.7 Å². The normalized spacial score (nSPS) is 37.3. The van der Waals surface area contributed by atoms with E-state index >= 15 is 0 Å². The second-order valence-electron chi connectivity index (χ2n) is 6.39. The summed E-state index contributed by atoms with van der Waals surface area (Å²) in [7, 11) is 4.21. The van der Waals surface area contributed by atoms with Gasteiger partial charge in [0.2, 0.25) is 5.91 Å². The number of piperidine rings is 1. The van der Waals surface area contributed by atoms with E-state index in [9.17, 15) is 4.79 Å².